The average Bonchev–Trinajstić information content (AvgIpc) is 2.67. The van der Waals surface area contributed by atoms with Crippen molar-refractivity contribution in [2.75, 3.05) is 25.0 Å². The molecule has 1 atom stereocenters. The number of benzene rings is 1. The molecule has 0 spiro atoms. The first kappa shape index (κ1) is 19.9. The van der Waals surface area contributed by atoms with Gasteiger partial charge in [0.05, 0.1) is 18.1 Å². The maximum atomic E-state index is 13.8. The Labute approximate surface area is 161 Å². The maximum absolute atomic E-state index is 13.8. The van der Waals surface area contributed by atoms with Crippen LogP contribution in [0.2, 0.25) is 0 Å². The minimum absolute atomic E-state index is 0.196. The molecule has 2 aromatic rings. The normalized spacial score (nSPS) is 17.7. The molecule has 0 saturated carbocycles. The molecule has 1 saturated heterocycles. The summed E-state index contributed by atoms with van der Waals surface area (Å²) in [7, 11) is 0. The number of halogens is 2. The number of hydrogen-bond donors (Lipinski definition) is 2. The van der Waals surface area contributed by atoms with Crippen LogP contribution in [0.1, 0.15) is 24.1 Å². The first-order chi connectivity index (χ1) is 13.5. The van der Waals surface area contributed by atoms with Crippen LogP contribution in [0, 0.1) is 11.6 Å². The Bertz CT molecular complexity index is 843. The second-order valence-electron chi connectivity index (χ2n) is 6.77. The summed E-state index contributed by atoms with van der Waals surface area (Å²) in [6.07, 6.45) is 8.02. The number of carboxylic acid groups (broad SMARTS) is 1. The van der Waals surface area contributed by atoms with Crippen molar-refractivity contribution in [1.82, 2.24) is 14.9 Å². The topological polar surface area (TPSA) is 78.3 Å². The van der Waals surface area contributed by atoms with Crippen molar-refractivity contribution in [3.8, 4) is 0 Å². The molecule has 0 amide bonds. The lowest BCUT2D eigenvalue weighted by Crippen LogP contribution is -2.43. The highest BCUT2D eigenvalue weighted by atomic mass is 19.1. The van der Waals surface area contributed by atoms with Gasteiger partial charge in [0.15, 0.2) is 0 Å². The Morgan fingerprint density at radius 2 is 2.18 bits per heavy atom. The molecule has 2 heterocycles. The number of aliphatic carboxylic acids is 1. The van der Waals surface area contributed by atoms with E-state index in [4.69, 9.17) is 5.11 Å². The maximum Gasteiger partial charge on any atom is 0.328 e. The predicted molar refractivity (Wildman–Crippen MR) is 102 cm³/mol. The van der Waals surface area contributed by atoms with E-state index in [9.17, 15) is 13.6 Å². The molecule has 2 N–H and O–H groups in total. The number of nitrogens with one attached hydrogen (secondary N) is 1. The SMILES string of the molecule is O=C(O)C=Cc1cnc(N[C@@H]2CCCN(CCc3ccc(F)cc3F)C2)cn1. The first-order valence-electron chi connectivity index (χ1n) is 9.15. The van der Waals surface area contributed by atoms with Crippen molar-refractivity contribution in [3.05, 3.63) is 59.6 Å². The smallest absolute Gasteiger partial charge is 0.328 e. The van der Waals surface area contributed by atoms with Gasteiger partial charge in [-0.3, -0.25) is 4.98 Å². The zero-order valence-corrected chi connectivity index (χ0v) is 15.3. The fourth-order valence-corrected chi connectivity index (χ4v) is 3.24. The second kappa shape index (κ2) is 9.36. The Balaban J connectivity index is 1.51. The van der Waals surface area contributed by atoms with Crippen molar-refractivity contribution < 1.29 is 18.7 Å². The molecular formula is C20H22F2N4O2. The molecule has 3 rings (SSSR count). The van der Waals surface area contributed by atoms with Gasteiger partial charge in [-0.1, -0.05) is 6.07 Å². The molecule has 1 aliphatic heterocycles. The van der Waals surface area contributed by atoms with Gasteiger partial charge in [-0.25, -0.2) is 18.6 Å². The zero-order valence-electron chi connectivity index (χ0n) is 15.3. The van der Waals surface area contributed by atoms with Gasteiger partial charge < -0.3 is 15.3 Å². The van der Waals surface area contributed by atoms with E-state index in [1.54, 1.807) is 6.20 Å². The third-order valence-corrected chi connectivity index (χ3v) is 4.64. The van der Waals surface area contributed by atoms with Crippen LogP contribution in [0.15, 0.2) is 36.7 Å². The highest BCUT2D eigenvalue weighted by Gasteiger charge is 2.20. The molecule has 0 radical (unpaired) electrons. The Morgan fingerprint density at radius 1 is 1.32 bits per heavy atom. The molecule has 0 aliphatic carbocycles. The molecule has 28 heavy (non-hydrogen) atoms. The van der Waals surface area contributed by atoms with Gasteiger partial charge in [0.25, 0.3) is 0 Å². The third kappa shape index (κ3) is 5.82. The molecule has 0 unspecified atom stereocenters. The van der Waals surface area contributed by atoms with Gasteiger partial charge >= 0.3 is 5.97 Å². The molecule has 1 aromatic carbocycles. The summed E-state index contributed by atoms with van der Waals surface area (Å²) in [5, 5.41) is 12.0. The van der Waals surface area contributed by atoms with Gasteiger partial charge in [-0.05, 0) is 43.5 Å². The molecule has 8 heteroatoms. The Hall–Kier alpha value is -2.87. The number of likely N-dealkylation sites (tertiary alicyclic amines) is 1. The van der Waals surface area contributed by atoms with Crippen LogP contribution in [0.25, 0.3) is 6.08 Å². The summed E-state index contributed by atoms with van der Waals surface area (Å²) < 4.78 is 26.8. The molecule has 148 valence electrons. The lowest BCUT2D eigenvalue weighted by Gasteiger charge is -2.33. The zero-order chi connectivity index (χ0) is 19.9. The lowest BCUT2D eigenvalue weighted by atomic mass is 10.0. The molecule has 6 nitrogen and oxygen atoms in total. The van der Waals surface area contributed by atoms with Crippen LogP contribution in [0.4, 0.5) is 14.6 Å². The fourth-order valence-electron chi connectivity index (χ4n) is 3.24. The Kier molecular flexibility index (Phi) is 6.65. The van der Waals surface area contributed by atoms with Crippen molar-refractivity contribution in [2.24, 2.45) is 0 Å². The van der Waals surface area contributed by atoms with Crippen LogP contribution in [0.3, 0.4) is 0 Å². The number of piperidine rings is 1. The summed E-state index contributed by atoms with van der Waals surface area (Å²) in [6, 6.07) is 3.90. The number of carbonyl (C=O) groups is 1. The number of nitrogens with zero attached hydrogens (tertiary/aromatic N) is 3. The van der Waals surface area contributed by atoms with Gasteiger partial charge in [-0.2, -0.15) is 0 Å². The van der Waals surface area contributed by atoms with Crippen molar-refractivity contribution in [2.45, 2.75) is 25.3 Å². The summed E-state index contributed by atoms with van der Waals surface area (Å²) in [6.45, 7) is 2.43. The van der Waals surface area contributed by atoms with Gasteiger partial charge in [-0.15, -0.1) is 0 Å². The number of rotatable bonds is 7. The van der Waals surface area contributed by atoms with Crippen LogP contribution in [-0.4, -0.2) is 51.6 Å². The van der Waals surface area contributed by atoms with E-state index in [2.05, 4.69) is 20.2 Å². The quantitative estimate of drug-likeness (QED) is 0.710. The number of carboxylic acids is 1. The van der Waals surface area contributed by atoms with Crippen molar-refractivity contribution >= 4 is 17.9 Å². The van der Waals surface area contributed by atoms with Crippen LogP contribution >= 0.6 is 0 Å². The molecule has 1 aromatic heterocycles. The van der Waals surface area contributed by atoms with Gasteiger partial charge in [0, 0.05) is 31.3 Å². The second-order valence-corrected chi connectivity index (χ2v) is 6.77. The molecule has 0 bridgehead atoms. The Morgan fingerprint density at radius 3 is 2.89 bits per heavy atom. The minimum atomic E-state index is -1.04. The number of aromatic nitrogens is 2. The standard InChI is InChI=1S/C20H22F2N4O2/c21-15-4-3-14(18(22)10-15)7-9-26-8-1-2-17(13-26)25-19-12-23-16(11-24-19)5-6-20(27)28/h3-6,10-12,17H,1-2,7-9,13H2,(H,24,25)(H,27,28)/t17-/m1/s1. The van der Waals surface area contributed by atoms with Gasteiger partial charge in [0.2, 0.25) is 0 Å². The molecule has 1 aliphatic rings. The summed E-state index contributed by atoms with van der Waals surface area (Å²) in [5.74, 6) is -1.47. The number of hydrogen-bond acceptors (Lipinski definition) is 5. The first-order valence-corrected chi connectivity index (χ1v) is 9.15. The molecular weight excluding hydrogens is 366 g/mol. The largest absolute Gasteiger partial charge is 0.478 e. The monoisotopic (exact) mass is 388 g/mol. The summed E-state index contributed by atoms with van der Waals surface area (Å²) in [5.41, 5.74) is 0.992. The van der Waals surface area contributed by atoms with E-state index in [0.717, 1.165) is 38.1 Å². The van der Waals surface area contributed by atoms with E-state index in [0.29, 0.717) is 30.0 Å². The van der Waals surface area contributed by atoms with Gasteiger partial charge in [0.1, 0.15) is 17.5 Å². The van der Waals surface area contributed by atoms with E-state index < -0.39 is 17.6 Å². The van der Waals surface area contributed by atoms with Crippen LogP contribution in [-0.2, 0) is 11.2 Å². The van der Waals surface area contributed by atoms with Crippen LogP contribution < -0.4 is 5.32 Å². The average molecular weight is 388 g/mol. The van der Waals surface area contributed by atoms with E-state index >= 15 is 0 Å². The third-order valence-electron chi connectivity index (χ3n) is 4.64. The fraction of sp³-hybridized carbons (Fsp3) is 0.350. The lowest BCUT2D eigenvalue weighted by molar-refractivity contribution is -0.131. The highest BCUT2D eigenvalue weighted by Crippen LogP contribution is 2.16. The summed E-state index contributed by atoms with van der Waals surface area (Å²) in [4.78, 5) is 21.2. The predicted octanol–water partition coefficient (Wildman–Crippen LogP) is 2.97. The van der Waals surface area contributed by atoms with E-state index in [1.807, 2.05) is 0 Å². The van der Waals surface area contributed by atoms with Crippen molar-refractivity contribution in [3.63, 3.8) is 0 Å². The minimum Gasteiger partial charge on any atom is -0.478 e. The number of anilines is 1. The van der Waals surface area contributed by atoms with E-state index in [1.165, 1.54) is 24.4 Å². The van der Waals surface area contributed by atoms with Crippen LogP contribution in [0.5, 0.6) is 0 Å². The highest BCUT2D eigenvalue weighted by molar-refractivity contribution is 5.84. The molecule has 1 fully saturated rings. The summed E-state index contributed by atoms with van der Waals surface area (Å²) >= 11 is 0. The van der Waals surface area contributed by atoms with Crippen molar-refractivity contribution in [1.29, 1.82) is 0 Å². The van der Waals surface area contributed by atoms with E-state index in [-0.39, 0.29) is 6.04 Å².